The Morgan fingerprint density at radius 1 is 0.973 bits per heavy atom. The van der Waals surface area contributed by atoms with Crippen LogP contribution >= 0.6 is 15.6 Å². The van der Waals surface area contributed by atoms with Crippen molar-refractivity contribution in [3.05, 3.63) is 0 Å². The smallest absolute Gasteiger partial charge is 0.479 e. The number of nitrogens with one attached hydrogen (secondary N) is 1. The first-order chi connectivity index (χ1) is 17.0. The van der Waals surface area contributed by atoms with Crippen LogP contribution in [-0.2, 0) is 41.6 Å². The third-order valence-corrected chi connectivity index (χ3v) is 7.99. The minimum absolute atomic E-state index is 0.135. The Labute approximate surface area is 206 Å². The molecule has 11 atom stereocenters. The predicted molar refractivity (Wildman–Crippen MR) is 108 cm³/mol. The summed E-state index contributed by atoms with van der Waals surface area (Å²) in [4.78, 5) is 54.7. The minimum Gasteiger partial charge on any atom is -0.479 e. The van der Waals surface area contributed by atoms with Gasteiger partial charge < -0.3 is 49.9 Å². The van der Waals surface area contributed by atoms with Crippen LogP contribution < -0.4 is 5.32 Å². The second-order valence-electron chi connectivity index (χ2n) is 8.00. The maximum absolute atomic E-state index is 12.2. The van der Waals surface area contributed by atoms with Gasteiger partial charge in [-0.15, -0.1) is 0 Å². The summed E-state index contributed by atoms with van der Waals surface area (Å²) in [5, 5.41) is 60.3. The van der Waals surface area contributed by atoms with E-state index in [9.17, 15) is 58.8 Å². The number of aliphatic hydroxyl groups excluding tert-OH is 5. The Morgan fingerprint density at radius 2 is 1.62 bits per heavy atom. The fourth-order valence-corrected chi connectivity index (χ4v) is 5.71. The van der Waals surface area contributed by atoms with E-state index in [1.165, 1.54) is 0 Å². The molecule has 2 unspecified atom stereocenters. The average Bonchev–Trinajstić information content (AvgIpc) is 3.05. The molecular formula is C15H24N2O18P2. The SMILES string of the molecule is O=C1CCN([C@@H]2O[C@H](COP(=O)(O)OP(=O)(O)O[C@H]3O[C@H](C(=O)O)[C@@H](O)[C@H](O)[C@H]3O)[C@@H](O)[C@H]2O)C(=O)N1. The van der Waals surface area contributed by atoms with Crippen LogP contribution in [-0.4, -0.2) is 132 Å². The number of carboxylic acid groups (broad SMARTS) is 1. The molecule has 0 aromatic heterocycles. The second kappa shape index (κ2) is 11.2. The van der Waals surface area contributed by atoms with Crippen LogP contribution in [0.15, 0.2) is 0 Å². The van der Waals surface area contributed by atoms with Gasteiger partial charge in [-0.2, -0.15) is 4.31 Å². The molecule has 22 heteroatoms. The summed E-state index contributed by atoms with van der Waals surface area (Å²) in [6.07, 6.45) is -18.1. The molecule has 0 radical (unpaired) electrons. The van der Waals surface area contributed by atoms with E-state index in [0.29, 0.717) is 0 Å². The van der Waals surface area contributed by atoms with Gasteiger partial charge >= 0.3 is 27.6 Å². The molecule has 3 rings (SSSR count). The number of rotatable bonds is 9. The van der Waals surface area contributed by atoms with Gasteiger partial charge in [0.05, 0.1) is 6.61 Å². The molecule has 3 fully saturated rings. The number of imide groups is 1. The normalized spacial score (nSPS) is 40.1. The van der Waals surface area contributed by atoms with Crippen molar-refractivity contribution in [2.75, 3.05) is 13.2 Å². The molecule has 3 saturated heterocycles. The summed E-state index contributed by atoms with van der Waals surface area (Å²) >= 11 is 0. The number of aliphatic carboxylic acids is 1. The minimum atomic E-state index is -5.71. The predicted octanol–water partition coefficient (Wildman–Crippen LogP) is -4.48. The molecule has 0 aromatic rings. The maximum Gasteiger partial charge on any atom is 0.483 e. The van der Waals surface area contributed by atoms with Crippen molar-refractivity contribution in [3.63, 3.8) is 0 Å². The van der Waals surface area contributed by atoms with Crippen molar-refractivity contribution in [3.8, 4) is 0 Å². The number of hydrogen-bond acceptors (Lipinski definition) is 15. The zero-order valence-electron chi connectivity index (χ0n) is 18.3. The quantitative estimate of drug-likeness (QED) is 0.116. The van der Waals surface area contributed by atoms with Crippen LogP contribution in [0.2, 0.25) is 0 Å². The fourth-order valence-electron chi connectivity index (χ4n) is 3.56. The number of phosphoric ester groups is 2. The van der Waals surface area contributed by atoms with Crippen molar-refractivity contribution in [2.45, 2.75) is 61.7 Å². The van der Waals surface area contributed by atoms with Gasteiger partial charge in [-0.1, -0.05) is 0 Å². The van der Waals surface area contributed by atoms with Gasteiger partial charge in [-0.3, -0.25) is 24.1 Å². The summed E-state index contributed by atoms with van der Waals surface area (Å²) < 4.78 is 47.0. The van der Waals surface area contributed by atoms with Gasteiger partial charge in [0.15, 0.2) is 18.6 Å². The van der Waals surface area contributed by atoms with Crippen LogP contribution in [0.1, 0.15) is 6.42 Å². The number of ether oxygens (including phenoxy) is 2. The molecule has 20 nitrogen and oxygen atoms in total. The highest BCUT2D eigenvalue weighted by atomic mass is 31.3. The molecule has 0 bridgehead atoms. The lowest BCUT2D eigenvalue weighted by Gasteiger charge is -2.38. The van der Waals surface area contributed by atoms with E-state index in [1.54, 1.807) is 0 Å². The summed E-state index contributed by atoms with van der Waals surface area (Å²) in [5.74, 6) is -2.43. The lowest BCUT2D eigenvalue weighted by Crippen LogP contribution is -2.60. The zero-order chi connectivity index (χ0) is 27.9. The van der Waals surface area contributed by atoms with E-state index < -0.39 is 95.4 Å². The third-order valence-electron chi connectivity index (χ3n) is 5.39. The zero-order valence-corrected chi connectivity index (χ0v) is 20.1. The number of phosphoric acid groups is 2. The molecule has 3 heterocycles. The number of carboxylic acids is 1. The van der Waals surface area contributed by atoms with E-state index in [1.807, 2.05) is 5.32 Å². The van der Waals surface area contributed by atoms with Crippen molar-refractivity contribution in [2.24, 2.45) is 0 Å². The lowest BCUT2D eigenvalue weighted by molar-refractivity contribution is -0.274. The molecule has 37 heavy (non-hydrogen) atoms. The molecule has 212 valence electrons. The van der Waals surface area contributed by atoms with Crippen molar-refractivity contribution < 1.29 is 86.8 Å². The Bertz CT molecular complexity index is 996. The second-order valence-corrected chi connectivity index (χ2v) is 11.0. The first-order valence-corrected chi connectivity index (χ1v) is 13.3. The standard InChI is InChI=1S/C15H24N2O18P2/c18-5-1-2-17(15(26)16-5)12-9(22)6(19)4(32-12)3-31-36(27,28)35-37(29,30)34-14-10(23)7(20)8(21)11(33-14)13(24)25/h4,6-12,14,19-23H,1-3H2,(H,24,25)(H,27,28)(H,29,30)(H,16,18,26)/t4-,6-,7+,8+,9-,10-,11+,12-,14-/m1/s1. The monoisotopic (exact) mass is 582 g/mol. The maximum atomic E-state index is 12.2. The largest absolute Gasteiger partial charge is 0.483 e. The summed E-state index contributed by atoms with van der Waals surface area (Å²) in [6, 6.07) is -0.932. The lowest BCUT2D eigenvalue weighted by atomic mass is 9.99. The summed E-state index contributed by atoms with van der Waals surface area (Å²) in [7, 11) is -11.3. The number of nitrogens with zero attached hydrogens (tertiary/aromatic N) is 1. The number of amides is 3. The molecule has 3 amide bonds. The van der Waals surface area contributed by atoms with Crippen LogP contribution in [0.3, 0.4) is 0 Å². The average molecular weight is 582 g/mol. The fraction of sp³-hybridized carbons (Fsp3) is 0.800. The number of carbonyl (C=O) groups is 3. The molecule has 0 spiro atoms. The molecule has 0 saturated carbocycles. The van der Waals surface area contributed by atoms with Crippen LogP contribution in [0.4, 0.5) is 4.79 Å². The van der Waals surface area contributed by atoms with Crippen LogP contribution in [0.25, 0.3) is 0 Å². The van der Waals surface area contributed by atoms with Crippen molar-refractivity contribution >= 4 is 33.6 Å². The van der Waals surface area contributed by atoms with E-state index in [0.717, 1.165) is 4.90 Å². The molecule has 3 aliphatic rings. The van der Waals surface area contributed by atoms with E-state index >= 15 is 0 Å². The molecular weight excluding hydrogens is 558 g/mol. The van der Waals surface area contributed by atoms with Gasteiger partial charge in [0.2, 0.25) is 5.91 Å². The Kier molecular flexibility index (Phi) is 9.10. The molecule has 3 aliphatic heterocycles. The van der Waals surface area contributed by atoms with Gasteiger partial charge in [0.1, 0.15) is 36.6 Å². The van der Waals surface area contributed by atoms with E-state index in [2.05, 4.69) is 18.1 Å². The molecule has 0 aliphatic carbocycles. The topological polar surface area (TPSA) is 309 Å². The Balaban J connectivity index is 1.58. The number of carbonyl (C=O) groups excluding carboxylic acids is 2. The first-order valence-electron chi connectivity index (χ1n) is 10.3. The van der Waals surface area contributed by atoms with Gasteiger partial charge in [0.25, 0.3) is 0 Å². The Hall–Kier alpha value is -1.61. The van der Waals surface area contributed by atoms with Gasteiger partial charge in [-0.25, -0.2) is 18.7 Å². The van der Waals surface area contributed by atoms with Gasteiger partial charge in [-0.05, 0) is 0 Å². The highest BCUT2D eigenvalue weighted by Gasteiger charge is 2.52. The first kappa shape index (κ1) is 29.9. The van der Waals surface area contributed by atoms with Crippen molar-refractivity contribution in [1.82, 2.24) is 10.2 Å². The third kappa shape index (κ3) is 6.88. The molecule has 0 aromatic carbocycles. The number of urea groups is 1. The van der Waals surface area contributed by atoms with Crippen LogP contribution in [0.5, 0.6) is 0 Å². The number of aliphatic hydroxyl groups is 5. The van der Waals surface area contributed by atoms with E-state index in [-0.39, 0.29) is 13.0 Å². The Morgan fingerprint density at radius 3 is 2.22 bits per heavy atom. The number of hydrogen-bond donors (Lipinski definition) is 9. The summed E-state index contributed by atoms with van der Waals surface area (Å²) in [6.45, 7) is -1.23. The van der Waals surface area contributed by atoms with Crippen LogP contribution in [0, 0.1) is 0 Å². The summed E-state index contributed by atoms with van der Waals surface area (Å²) in [5.41, 5.74) is 0. The highest BCUT2D eigenvalue weighted by Crippen LogP contribution is 2.61. The highest BCUT2D eigenvalue weighted by molar-refractivity contribution is 7.61. The molecule has 9 N–H and O–H groups in total. The van der Waals surface area contributed by atoms with Crippen molar-refractivity contribution in [1.29, 1.82) is 0 Å². The van der Waals surface area contributed by atoms with Gasteiger partial charge in [0, 0.05) is 13.0 Å². The van der Waals surface area contributed by atoms with E-state index in [4.69, 9.17) is 9.84 Å².